The number of hydrogen-bond acceptors (Lipinski definition) is 4. The van der Waals surface area contributed by atoms with Crippen LogP contribution in [0, 0.1) is 0 Å². The highest BCUT2D eigenvalue weighted by Crippen LogP contribution is 2.17. The molecular weight excluding hydrogens is 230 g/mol. The molecule has 0 radical (unpaired) electrons. The lowest BCUT2D eigenvalue weighted by Gasteiger charge is -2.25. The molecule has 4 nitrogen and oxygen atoms in total. The maximum Gasteiger partial charge on any atom is 0.118 e. The van der Waals surface area contributed by atoms with E-state index in [1.54, 1.807) is 7.11 Å². The number of benzene rings is 1. The van der Waals surface area contributed by atoms with Gasteiger partial charge in [0.25, 0.3) is 0 Å². The Kier molecular flexibility index (Phi) is 4.99. The average molecular weight is 251 g/mol. The molecule has 100 valence electrons. The Morgan fingerprint density at radius 3 is 2.72 bits per heavy atom. The third-order valence-corrected chi connectivity index (χ3v) is 3.15. The first-order valence-electron chi connectivity index (χ1n) is 6.36. The molecule has 2 rings (SSSR count). The summed E-state index contributed by atoms with van der Waals surface area (Å²) in [6.07, 6.45) is 0.166. The lowest BCUT2D eigenvalue weighted by atomic mass is 10.1. The molecule has 18 heavy (non-hydrogen) atoms. The Bertz CT molecular complexity index is 347. The molecule has 1 fully saturated rings. The molecule has 1 aromatic rings. The third kappa shape index (κ3) is 3.70. The van der Waals surface area contributed by atoms with E-state index in [1.807, 2.05) is 12.1 Å². The van der Waals surface area contributed by atoms with E-state index in [-0.39, 0.29) is 6.10 Å². The SMILES string of the molecule is COc1ccc(C(C)NCC2COCCO2)cc1. The average Bonchev–Trinajstić information content (AvgIpc) is 2.46. The molecule has 4 heteroatoms. The van der Waals surface area contributed by atoms with Crippen molar-refractivity contribution in [3.05, 3.63) is 29.8 Å². The first-order valence-corrected chi connectivity index (χ1v) is 6.36. The molecule has 2 atom stereocenters. The first kappa shape index (κ1) is 13.3. The zero-order chi connectivity index (χ0) is 12.8. The van der Waals surface area contributed by atoms with Gasteiger partial charge in [-0.1, -0.05) is 12.1 Å². The molecule has 1 heterocycles. The first-order chi connectivity index (χ1) is 8.79. The van der Waals surface area contributed by atoms with E-state index in [2.05, 4.69) is 24.4 Å². The second-order valence-corrected chi connectivity index (χ2v) is 4.47. The lowest BCUT2D eigenvalue weighted by molar-refractivity contribution is -0.0869. The van der Waals surface area contributed by atoms with Gasteiger partial charge < -0.3 is 19.5 Å². The van der Waals surface area contributed by atoms with Crippen LogP contribution in [0.15, 0.2) is 24.3 Å². The van der Waals surface area contributed by atoms with E-state index >= 15 is 0 Å². The van der Waals surface area contributed by atoms with Crippen LogP contribution in [-0.2, 0) is 9.47 Å². The Labute approximate surface area is 108 Å². The van der Waals surface area contributed by atoms with Crippen LogP contribution >= 0.6 is 0 Å². The Balaban J connectivity index is 1.80. The predicted molar refractivity (Wildman–Crippen MR) is 70.0 cm³/mol. The molecule has 0 saturated carbocycles. The van der Waals surface area contributed by atoms with Crippen molar-refractivity contribution < 1.29 is 14.2 Å². The Hall–Kier alpha value is -1.10. The van der Waals surface area contributed by atoms with Crippen molar-refractivity contribution >= 4 is 0 Å². The number of methoxy groups -OCH3 is 1. The van der Waals surface area contributed by atoms with Crippen LogP contribution in [0.25, 0.3) is 0 Å². The highest BCUT2D eigenvalue weighted by molar-refractivity contribution is 5.28. The van der Waals surface area contributed by atoms with Gasteiger partial charge in [0.1, 0.15) is 5.75 Å². The van der Waals surface area contributed by atoms with E-state index in [9.17, 15) is 0 Å². The molecule has 0 amide bonds. The standard InChI is InChI=1S/C14H21NO3/c1-11(12-3-5-13(16-2)6-4-12)15-9-14-10-17-7-8-18-14/h3-6,11,14-15H,7-10H2,1-2H3. The van der Waals surface area contributed by atoms with E-state index < -0.39 is 0 Å². The second-order valence-electron chi connectivity index (χ2n) is 4.47. The number of rotatable bonds is 5. The van der Waals surface area contributed by atoms with Gasteiger partial charge in [-0.15, -0.1) is 0 Å². The van der Waals surface area contributed by atoms with Gasteiger partial charge in [0.15, 0.2) is 0 Å². The highest BCUT2D eigenvalue weighted by Gasteiger charge is 2.15. The maximum atomic E-state index is 5.59. The van der Waals surface area contributed by atoms with Crippen molar-refractivity contribution in [1.29, 1.82) is 0 Å². The summed E-state index contributed by atoms with van der Waals surface area (Å²) in [7, 11) is 1.68. The topological polar surface area (TPSA) is 39.7 Å². The van der Waals surface area contributed by atoms with Crippen LogP contribution in [0.1, 0.15) is 18.5 Å². The van der Waals surface area contributed by atoms with Crippen LogP contribution in [-0.4, -0.2) is 39.6 Å². The van der Waals surface area contributed by atoms with E-state index in [0.717, 1.165) is 12.3 Å². The molecule has 0 aliphatic carbocycles. The summed E-state index contributed by atoms with van der Waals surface area (Å²) < 4.78 is 16.1. The Morgan fingerprint density at radius 1 is 1.33 bits per heavy atom. The molecule has 1 saturated heterocycles. The van der Waals surface area contributed by atoms with Gasteiger partial charge in [0.2, 0.25) is 0 Å². The fourth-order valence-corrected chi connectivity index (χ4v) is 1.97. The smallest absolute Gasteiger partial charge is 0.118 e. The maximum absolute atomic E-state index is 5.59. The van der Waals surface area contributed by atoms with Gasteiger partial charge in [0, 0.05) is 12.6 Å². The van der Waals surface area contributed by atoms with Gasteiger partial charge in [0.05, 0.1) is 33.0 Å². The van der Waals surface area contributed by atoms with Crippen LogP contribution in [0.4, 0.5) is 0 Å². The van der Waals surface area contributed by atoms with Gasteiger partial charge in [-0.2, -0.15) is 0 Å². The predicted octanol–water partition coefficient (Wildman–Crippen LogP) is 1.76. The second kappa shape index (κ2) is 6.73. The zero-order valence-electron chi connectivity index (χ0n) is 11.0. The van der Waals surface area contributed by atoms with Crippen molar-refractivity contribution in [2.45, 2.75) is 19.1 Å². The minimum Gasteiger partial charge on any atom is -0.497 e. The minimum atomic E-state index is 0.166. The zero-order valence-corrected chi connectivity index (χ0v) is 11.0. The molecule has 1 aliphatic heterocycles. The highest BCUT2D eigenvalue weighted by atomic mass is 16.6. The summed E-state index contributed by atoms with van der Waals surface area (Å²) in [5.74, 6) is 0.884. The van der Waals surface area contributed by atoms with Crippen LogP contribution in [0.5, 0.6) is 5.75 Å². The summed E-state index contributed by atoms with van der Waals surface area (Å²) in [6.45, 7) is 5.05. The van der Waals surface area contributed by atoms with Gasteiger partial charge in [-0.3, -0.25) is 0 Å². The quantitative estimate of drug-likeness (QED) is 0.865. The van der Waals surface area contributed by atoms with Crippen molar-refractivity contribution in [1.82, 2.24) is 5.32 Å². The lowest BCUT2D eigenvalue weighted by Crippen LogP contribution is -2.38. The molecule has 1 aromatic carbocycles. The van der Waals surface area contributed by atoms with Crippen LogP contribution in [0.3, 0.4) is 0 Å². The summed E-state index contributed by atoms with van der Waals surface area (Å²) in [5, 5.41) is 3.46. The Morgan fingerprint density at radius 2 is 2.11 bits per heavy atom. The molecule has 0 bridgehead atoms. The third-order valence-electron chi connectivity index (χ3n) is 3.15. The van der Waals surface area contributed by atoms with Gasteiger partial charge in [-0.05, 0) is 24.6 Å². The summed E-state index contributed by atoms with van der Waals surface area (Å²) in [5.41, 5.74) is 1.24. The van der Waals surface area contributed by atoms with Crippen molar-refractivity contribution in [3.8, 4) is 5.75 Å². The number of ether oxygens (including phenoxy) is 3. The van der Waals surface area contributed by atoms with Crippen molar-refractivity contribution in [3.63, 3.8) is 0 Å². The summed E-state index contributed by atoms with van der Waals surface area (Å²) in [4.78, 5) is 0. The summed E-state index contributed by atoms with van der Waals surface area (Å²) in [6, 6.07) is 8.41. The van der Waals surface area contributed by atoms with Crippen LogP contribution < -0.4 is 10.1 Å². The fourth-order valence-electron chi connectivity index (χ4n) is 1.97. The summed E-state index contributed by atoms with van der Waals surface area (Å²) >= 11 is 0. The molecule has 2 unspecified atom stereocenters. The van der Waals surface area contributed by atoms with Crippen molar-refractivity contribution in [2.24, 2.45) is 0 Å². The normalized spacial score (nSPS) is 21.6. The van der Waals surface area contributed by atoms with Crippen molar-refractivity contribution in [2.75, 3.05) is 33.5 Å². The van der Waals surface area contributed by atoms with E-state index in [1.165, 1.54) is 5.56 Å². The number of nitrogens with one attached hydrogen (secondary N) is 1. The van der Waals surface area contributed by atoms with Crippen LogP contribution in [0.2, 0.25) is 0 Å². The molecule has 1 aliphatic rings. The monoisotopic (exact) mass is 251 g/mol. The van der Waals surface area contributed by atoms with E-state index in [0.29, 0.717) is 25.9 Å². The largest absolute Gasteiger partial charge is 0.497 e. The van der Waals surface area contributed by atoms with Gasteiger partial charge >= 0.3 is 0 Å². The fraction of sp³-hybridized carbons (Fsp3) is 0.571. The molecular formula is C14H21NO3. The minimum absolute atomic E-state index is 0.166. The van der Waals surface area contributed by atoms with Gasteiger partial charge in [-0.25, -0.2) is 0 Å². The molecule has 0 spiro atoms. The molecule has 0 aromatic heterocycles. The molecule has 1 N–H and O–H groups in total. The number of hydrogen-bond donors (Lipinski definition) is 1. The van der Waals surface area contributed by atoms with E-state index in [4.69, 9.17) is 14.2 Å².